The molecule has 8 heteroatoms. The highest BCUT2D eigenvalue weighted by atomic mass is 19.4. The van der Waals surface area contributed by atoms with E-state index >= 15 is 0 Å². The van der Waals surface area contributed by atoms with Crippen molar-refractivity contribution in [2.45, 2.75) is 17.8 Å². The number of nitrogens with zero attached hydrogens (tertiary/aromatic N) is 1. The van der Waals surface area contributed by atoms with Crippen molar-refractivity contribution in [2.24, 2.45) is 0 Å². The van der Waals surface area contributed by atoms with Gasteiger partial charge in [-0.15, -0.1) is 0 Å². The van der Waals surface area contributed by atoms with Gasteiger partial charge in [0.05, 0.1) is 0 Å². The topological polar surface area (TPSA) is 55.8 Å². The zero-order valence-corrected chi connectivity index (χ0v) is 14.3. The standard InChI is InChI=1S/C19H16F3NO4/c1-26-18(19(20,21)22,14-10-6-3-7-11-14)16(24)23-15(12-27-17(23)25)13-8-4-2-5-9-13/h2-11,15H,12H2,1H3/t15-,18-/m0/s1. The molecule has 5 nitrogen and oxygen atoms in total. The Hall–Kier alpha value is -2.87. The Morgan fingerprint density at radius 3 is 2.15 bits per heavy atom. The lowest BCUT2D eigenvalue weighted by atomic mass is 9.90. The first-order valence-electron chi connectivity index (χ1n) is 8.05. The first-order chi connectivity index (χ1) is 12.8. The molecule has 1 heterocycles. The Bertz CT molecular complexity index is 826. The van der Waals surface area contributed by atoms with E-state index in [0.29, 0.717) is 10.5 Å². The summed E-state index contributed by atoms with van der Waals surface area (Å²) in [5.41, 5.74) is -3.27. The fourth-order valence-electron chi connectivity index (χ4n) is 3.14. The lowest BCUT2D eigenvalue weighted by Crippen LogP contribution is -2.57. The third-order valence-electron chi connectivity index (χ3n) is 4.46. The van der Waals surface area contributed by atoms with E-state index < -0.39 is 35.4 Å². The van der Waals surface area contributed by atoms with Gasteiger partial charge in [-0.1, -0.05) is 60.7 Å². The van der Waals surface area contributed by atoms with Gasteiger partial charge in [0, 0.05) is 12.7 Å². The first kappa shape index (κ1) is 18.9. The second kappa shape index (κ2) is 7.03. The van der Waals surface area contributed by atoms with Crippen LogP contribution in [0.1, 0.15) is 17.2 Å². The van der Waals surface area contributed by atoms with Crippen LogP contribution in [-0.2, 0) is 19.9 Å². The fourth-order valence-corrected chi connectivity index (χ4v) is 3.14. The predicted octanol–water partition coefficient (Wildman–Crippen LogP) is 3.81. The van der Waals surface area contributed by atoms with Crippen LogP contribution in [0, 0.1) is 0 Å². The number of carbonyl (C=O) groups excluding carboxylic acids is 2. The summed E-state index contributed by atoms with van der Waals surface area (Å²) in [6.07, 6.45) is -6.25. The molecular weight excluding hydrogens is 363 g/mol. The summed E-state index contributed by atoms with van der Waals surface area (Å²) >= 11 is 0. The third kappa shape index (κ3) is 3.06. The molecule has 3 rings (SSSR count). The van der Waals surface area contributed by atoms with Gasteiger partial charge in [0.25, 0.3) is 11.5 Å². The molecule has 0 aliphatic carbocycles. The van der Waals surface area contributed by atoms with Gasteiger partial charge in [0.1, 0.15) is 12.6 Å². The average molecular weight is 379 g/mol. The number of halogens is 3. The summed E-state index contributed by atoms with van der Waals surface area (Å²) < 4.78 is 51.9. The maximum absolute atomic E-state index is 14.1. The molecule has 2 atom stereocenters. The van der Waals surface area contributed by atoms with E-state index in [0.717, 1.165) is 19.2 Å². The number of carbonyl (C=O) groups is 2. The summed E-state index contributed by atoms with van der Waals surface area (Å²) in [7, 11) is 0.789. The lowest BCUT2D eigenvalue weighted by molar-refractivity contribution is -0.269. The molecule has 1 aliphatic rings. The summed E-state index contributed by atoms with van der Waals surface area (Å²) in [4.78, 5) is 25.8. The van der Waals surface area contributed by atoms with E-state index in [1.165, 1.54) is 18.2 Å². The smallest absolute Gasteiger partial charge is 0.430 e. The number of hydrogen-bond acceptors (Lipinski definition) is 4. The molecule has 0 unspecified atom stereocenters. The summed E-state index contributed by atoms with van der Waals surface area (Å²) in [6.45, 7) is -0.235. The molecule has 0 bridgehead atoms. The second-order valence-corrected chi connectivity index (χ2v) is 5.93. The van der Waals surface area contributed by atoms with Crippen LogP contribution in [-0.4, -0.2) is 36.8 Å². The van der Waals surface area contributed by atoms with Gasteiger partial charge in [0.15, 0.2) is 0 Å². The normalized spacial score (nSPS) is 19.5. The molecule has 27 heavy (non-hydrogen) atoms. The van der Waals surface area contributed by atoms with Crippen LogP contribution in [0.5, 0.6) is 0 Å². The van der Waals surface area contributed by atoms with E-state index in [1.807, 2.05) is 0 Å². The minimum Gasteiger partial charge on any atom is -0.446 e. The van der Waals surface area contributed by atoms with Gasteiger partial charge in [-0.2, -0.15) is 13.2 Å². The lowest BCUT2D eigenvalue weighted by Gasteiger charge is -2.36. The quantitative estimate of drug-likeness (QED) is 0.811. The van der Waals surface area contributed by atoms with Crippen molar-refractivity contribution in [3.63, 3.8) is 0 Å². The number of alkyl halides is 3. The molecule has 142 valence electrons. The molecule has 1 saturated heterocycles. The highest BCUT2D eigenvalue weighted by Crippen LogP contribution is 2.45. The number of rotatable bonds is 4. The first-order valence-corrected chi connectivity index (χ1v) is 8.05. The molecule has 1 aliphatic heterocycles. The Morgan fingerprint density at radius 1 is 1.07 bits per heavy atom. The van der Waals surface area contributed by atoms with E-state index in [4.69, 9.17) is 9.47 Å². The minimum atomic E-state index is -5.11. The monoisotopic (exact) mass is 379 g/mol. The number of cyclic esters (lactones) is 1. The van der Waals surface area contributed by atoms with Crippen LogP contribution >= 0.6 is 0 Å². The molecule has 0 N–H and O–H groups in total. The van der Waals surface area contributed by atoms with Gasteiger partial charge in [-0.3, -0.25) is 4.79 Å². The van der Waals surface area contributed by atoms with Crippen LogP contribution < -0.4 is 0 Å². The number of ether oxygens (including phenoxy) is 2. The summed E-state index contributed by atoms with van der Waals surface area (Å²) in [5.74, 6) is -1.54. The zero-order chi connectivity index (χ0) is 19.7. The number of methoxy groups -OCH3 is 1. The maximum Gasteiger partial charge on any atom is 0.430 e. The Balaban J connectivity index is 2.12. The van der Waals surface area contributed by atoms with Crippen molar-refractivity contribution in [2.75, 3.05) is 13.7 Å². The van der Waals surface area contributed by atoms with Crippen molar-refractivity contribution < 1.29 is 32.2 Å². The summed E-state index contributed by atoms with van der Waals surface area (Å²) in [6, 6.07) is 13.8. The molecule has 0 radical (unpaired) electrons. The molecule has 1 fully saturated rings. The molecule has 2 amide bonds. The van der Waals surface area contributed by atoms with Gasteiger partial charge in [-0.25, -0.2) is 9.69 Å². The van der Waals surface area contributed by atoms with Gasteiger partial charge >= 0.3 is 12.3 Å². The number of imide groups is 1. The molecule has 0 aromatic heterocycles. The van der Waals surface area contributed by atoms with E-state index in [9.17, 15) is 22.8 Å². The molecule has 0 spiro atoms. The number of amides is 2. The van der Waals surface area contributed by atoms with Crippen LogP contribution in [0.3, 0.4) is 0 Å². The van der Waals surface area contributed by atoms with Crippen LogP contribution in [0.2, 0.25) is 0 Å². The Morgan fingerprint density at radius 2 is 1.63 bits per heavy atom. The van der Waals surface area contributed by atoms with Crippen LogP contribution in [0.15, 0.2) is 60.7 Å². The third-order valence-corrected chi connectivity index (χ3v) is 4.46. The van der Waals surface area contributed by atoms with E-state index in [2.05, 4.69) is 0 Å². The number of hydrogen-bond donors (Lipinski definition) is 0. The highest BCUT2D eigenvalue weighted by molar-refractivity contribution is 5.99. The average Bonchev–Trinajstić information content (AvgIpc) is 3.04. The van der Waals surface area contributed by atoms with E-state index in [-0.39, 0.29) is 6.61 Å². The predicted molar refractivity (Wildman–Crippen MR) is 88.6 cm³/mol. The molecule has 0 saturated carbocycles. The van der Waals surface area contributed by atoms with Crippen molar-refractivity contribution >= 4 is 12.0 Å². The fraction of sp³-hybridized carbons (Fsp3) is 0.263. The minimum absolute atomic E-state index is 0.235. The maximum atomic E-state index is 14.1. The largest absolute Gasteiger partial charge is 0.446 e. The van der Waals surface area contributed by atoms with E-state index in [1.54, 1.807) is 30.3 Å². The molecule has 2 aromatic carbocycles. The molecular formula is C19H16F3NO4. The van der Waals surface area contributed by atoms with Gasteiger partial charge in [-0.05, 0) is 5.56 Å². The molecule has 2 aromatic rings. The summed E-state index contributed by atoms with van der Waals surface area (Å²) in [5, 5.41) is 0. The van der Waals surface area contributed by atoms with Crippen molar-refractivity contribution in [3.8, 4) is 0 Å². The van der Waals surface area contributed by atoms with Gasteiger partial charge < -0.3 is 9.47 Å². The van der Waals surface area contributed by atoms with Crippen molar-refractivity contribution in [3.05, 3.63) is 71.8 Å². The number of benzene rings is 2. The Labute approximate surface area is 153 Å². The van der Waals surface area contributed by atoms with Crippen molar-refractivity contribution in [1.29, 1.82) is 0 Å². The SMILES string of the molecule is CO[C@](C(=O)N1C(=O)OC[C@H]1c1ccccc1)(c1ccccc1)C(F)(F)F. The second-order valence-electron chi connectivity index (χ2n) is 5.93. The van der Waals surface area contributed by atoms with Crippen LogP contribution in [0.4, 0.5) is 18.0 Å². The Kier molecular flexibility index (Phi) is 4.93. The van der Waals surface area contributed by atoms with Crippen LogP contribution in [0.25, 0.3) is 0 Å². The van der Waals surface area contributed by atoms with Crippen molar-refractivity contribution in [1.82, 2.24) is 4.90 Å². The highest BCUT2D eigenvalue weighted by Gasteiger charge is 2.66. The zero-order valence-electron chi connectivity index (χ0n) is 14.3. The van der Waals surface area contributed by atoms with Gasteiger partial charge in [0.2, 0.25) is 0 Å².